The molecule has 3 aromatic carbocycles. The molecule has 0 amide bonds. The first kappa shape index (κ1) is 25.2. The smallest absolute Gasteiger partial charge is 0.293 e. The van der Waals surface area contributed by atoms with Gasteiger partial charge in [-0.1, -0.05) is 36.4 Å². The molecule has 1 spiro atoms. The molecule has 2 N–H and O–H groups in total. The van der Waals surface area contributed by atoms with Crippen molar-refractivity contribution in [1.82, 2.24) is 0 Å². The Balaban J connectivity index is 1.46. The fourth-order valence-corrected chi connectivity index (χ4v) is 5.23. The highest BCUT2D eigenvalue weighted by Crippen LogP contribution is 2.39. The fourth-order valence-electron chi connectivity index (χ4n) is 5.23. The molecule has 0 bridgehead atoms. The molecule has 3 aromatic rings. The van der Waals surface area contributed by atoms with E-state index in [-0.39, 0.29) is 24.6 Å². The van der Waals surface area contributed by atoms with Gasteiger partial charge in [-0.15, -0.1) is 0 Å². The van der Waals surface area contributed by atoms with Gasteiger partial charge in [-0.05, 0) is 61.6 Å². The van der Waals surface area contributed by atoms with E-state index in [0.717, 1.165) is 61.3 Å². The van der Waals surface area contributed by atoms with E-state index in [1.807, 2.05) is 36.4 Å². The number of benzene rings is 3. The van der Waals surface area contributed by atoms with Gasteiger partial charge in [0.25, 0.3) is 6.47 Å². The van der Waals surface area contributed by atoms with Crippen LogP contribution in [0.1, 0.15) is 48.9 Å². The second kappa shape index (κ2) is 10.9. The van der Waals surface area contributed by atoms with Crippen molar-refractivity contribution in [2.75, 3.05) is 24.6 Å². The van der Waals surface area contributed by atoms with Gasteiger partial charge in [-0.25, -0.2) is 4.39 Å². The number of ether oxygens (including phenoxy) is 3. The standard InChI is InChI=1S/C30H33FN2O4/c1-21(32)26-6-4-7-27(29(26)31)24-15-22(18-36-28-8-3-2-5-23(28)19-35-20-34)16-25(17-24)33-12-9-30(10-13-33)11-14-37-30/h2-8,15-17,20-21H,9-14,18-19,32H2,1H3/t21-/m1/s1. The highest BCUT2D eigenvalue weighted by molar-refractivity contribution is 5.71. The van der Waals surface area contributed by atoms with E-state index in [9.17, 15) is 4.79 Å². The van der Waals surface area contributed by atoms with Gasteiger partial charge in [0.05, 0.1) is 12.2 Å². The topological polar surface area (TPSA) is 74.0 Å². The number of carbonyl (C=O) groups excluding carboxylic acids is 1. The van der Waals surface area contributed by atoms with E-state index >= 15 is 4.39 Å². The first-order chi connectivity index (χ1) is 18.0. The number of hydrogen-bond donors (Lipinski definition) is 1. The second-order valence-electron chi connectivity index (χ2n) is 9.96. The van der Waals surface area contributed by atoms with E-state index in [1.54, 1.807) is 19.1 Å². The molecular formula is C30H33FN2O4. The number of hydrogen-bond acceptors (Lipinski definition) is 6. The van der Waals surface area contributed by atoms with Crippen LogP contribution in [-0.2, 0) is 27.5 Å². The number of nitrogens with two attached hydrogens (primary N) is 1. The fraction of sp³-hybridized carbons (Fsp3) is 0.367. The van der Waals surface area contributed by atoms with Crippen LogP contribution >= 0.6 is 0 Å². The molecule has 2 aliphatic heterocycles. The number of rotatable bonds is 9. The molecule has 6 nitrogen and oxygen atoms in total. The van der Waals surface area contributed by atoms with Crippen LogP contribution in [0.3, 0.4) is 0 Å². The zero-order valence-electron chi connectivity index (χ0n) is 21.1. The zero-order chi connectivity index (χ0) is 25.8. The first-order valence-electron chi connectivity index (χ1n) is 12.8. The van der Waals surface area contributed by atoms with Gasteiger partial charge < -0.3 is 24.8 Å². The molecule has 0 radical (unpaired) electrons. The summed E-state index contributed by atoms with van der Waals surface area (Å²) in [6.07, 6.45) is 3.10. The maximum absolute atomic E-state index is 15.5. The summed E-state index contributed by atoms with van der Waals surface area (Å²) in [5.41, 5.74) is 10.6. The molecule has 0 saturated carbocycles. The van der Waals surface area contributed by atoms with Crippen LogP contribution in [0, 0.1) is 5.82 Å². The quantitative estimate of drug-likeness (QED) is 0.387. The Morgan fingerprint density at radius 1 is 1.08 bits per heavy atom. The molecule has 0 aliphatic carbocycles. The van der Waals surface area contributed by atoms with Crippen molar-refractivity contribution in [2.45, 2.75) is 51.0 Å². The predicted molar refractivity (Wildman–Crippen MR) is 141 cm³/mol. The number of halogens is 1. The van der Waals surface area contributed by atoms with Crippen molar-refractivity contribution in [2.24, 2.45) is 5.73 Å². The Morgan fingerprint density at radius 3 is 2.57 bits per heavy atom. The summed E-state index contributed by atoms with van der Waals surface area (Å²) in [5.74, 6) is 0.349. The molecule has 2 fully saturated rings. The summed E-state index contributed by atoms with van der Waals surface area (Å²) in [6.45, 7) is 5.26. The van der Waals surface area contributed by atoms with Gasteiger partial charge in [0.1, 0.15) is 24.8 Å². The van der Waals surface area contributed by atoms with Gasteiger partial charge in [0.15, 0.2) is 0 Å². The number of para-hydroxylation sites is 1. The van der Waals surface area contributed by atoms with Crippen molar-refractivity contribution < 1.29 is 23.4 Å². The minimum absolute atomic E-state index is 0.0467. The second-order valence-corrected chi connectivity index (χ2v) is 9.96. The van der Waals surface area contributed by atoms with Gasteiger partial charge in [0, 0.05) is 41.5 Å². The largest absolute Gasteiger partial charge is 0.488 e. The lowest BCUT2D eigenvalue weighted by Crippen LogP contribution is -2.52. The van der Waals surface area contributed by atoms with Crippen LogP contribution in [0.2, 0.25) is 0 Å². The molecule has 7 heteroatoms. The van der Waals surface area contributed by atoms with E-state index in [4.69, 9.17) is 19.9 Å². The Kier molecular flexibility index (Phi) is 7.44. The van der Waals surface area contributed by atoms with Crippen LogP contribution in [0.25, 0.3) is 11.1 Å². The molecule has 1 atom stereocenters. The molecule has 37 heavy (non-hydrogen) atoms. The van der Waals surface area contributed by atoms with Crippen LogP contribution in [0.15, 0.2) is 60.7 Å². The number of carbonyl (C=O) groups is 1. The molecular weight excluding hydrogens is 471 g/mol. The lowest BCUT2D eigenvalue weighted by Gasteiger charge is -2.48. The summed E-state index contributed by atoms with van der Waals surface area (Å²) in [6, 6.07) is 18.6. The minimum atomic E-state index is -0.406. The van der Waals surface area contributed by atoms with Crippen LogP contribution in [0.5, 0.6) is 5.75 Å². The van der Waals surface area contributed by atoms with E-state index < -0.39 is 6.04 Å². The predicted octanol–water partition coefficient (Wildman–Crippen LogP) is 5.52. The first-order valence-corrected chi connectivity index (χ1v) is 12.8. The van der Waals surface area contributed by atoms with Gasteiger partial charge in [-0.2, -0.15) is 0 Å². The summed E-state index contributed by atoms with van der Waals surface area (Å²) >= 11 is 0. The molecule has 0 aromatic heterocycles. The van der Waals surface area contributed by atoms with E-state index in [1.165, 1.54) is 0 Å². The Morgan fingerprint density at radius 2 is 1.86 bits per heavy atom. The average molecular weight is 505 g/mol. The molecule has 2 saturated heterocycles. The third kappa shape index (κ3) is 5.48. The van der Waals surface area contributed by atoms with Gasteiger partial charge in [-0.3, -0.25) is 4.79 Å². The van der Waals surface area contributed by atoms with Crippen molar-refractivity contribution in [3.63, 3.8) is 0 Å². The molecule has 0 unspecified atom stereocenters. The van der Waals surface area contributed by atoms with Crippen LogP contribution < -0.4 is 15.4 Å². The van der Waals surface area contributed by atoms with Gasteiger partial charge in [0.2, 0.25) is 0 Å². The zero-order valence-corrected chi connectivity index (χ0v) is 21.1. The average Bonchev–Trinajstić information content (AvgIpc) is 2.90. The van der Waals surface area contributed by atoms with Crippen LogP contribution in [0.4, 0.5) is 10.1 Å². The van der Waals surface area contributed by atoms with E-state index in [0.29, 0.717) is 23.3 Å². The van der Waals surface area contributed by atoms with Crippen molar-refractivity contribution >= 4 is 12.2 Å². The monoisotopic (exact) mass is 504 g/mol. The van der Waals surface area contributed by atoms with E-state index in [2.05, 4.69) is 17.0 Å². The Hall–Kier alpha value is -3.42. The minimum Gasteiger partial charge on any atom is -0.488 e. The van der Waals surface area contributed by atoms with Crippen LogP contribution in [-0.4, -0.2) is 31.8 Å². The third-order valence-corrected chi connectivity index (χ3v) is 7.49. The SMILES string of the molecule is C[C@@H](N)c1cccc(-c2cc(COc3ccccc3COC=O)cc(N3CCC4(CCO4)CC3)c2)c1F. The lowest BCUT2D eigenvalue weighted by molar-refractivity contribution is -0.158. The molecule has 194 valence electrons. The third-order valence-electron chi connectivity index (χ3n) is 7.49. The Bertz CT molecular complexity index is 1250. The molecule has 2 heterocycles. The van der Waals surface area contributed by atoms with Crippen molar-refractivity contribution in [3.8, 4) is 16.9 Å². The highest BCUT2D eigenvalue weighted by Gasteiger charge is 2.41. The maximum Gasteiger partial charge on any atom is 0.293 e. The summed E-state index contributed by atoms with van der Waals surface area (Å²) in [4.78, 5) is 13.0. The van der Waals surface area contributed by atoms with Crippen molar-refractivity contribution in [1.29, 1.82) is 0 Å². The van der Waals surface area contributed by atoms with Gasteiger partial charge >= 0.3 is 0 Å². The Labute approximate surface area is 217 Å². The normalized spacial score (nSPS) is 17.2. The highest BCUT2D eigenvalue weighted by atomic mass is 19.1. The number of anilines is 1. The summed E-state index contributed by atoms with van der Waals surface area (Å²) < 4.78 is 32.5. The summed E-state index contributed by atoms with van der Waals surface area (Å²) in [7, 11) is 0. The number of nitrogens with zero attached hydrogens (tertiary/aromatic N) is 1. The summed E-state index contributed by atoms with van der Waals surface area (Å²) in [5, 5.41) is 0. The van der Waals surface area contributed by atoms with Crippen molar-refractivity contribution in [3.05, 3.63) is 83.2 Å². The molecule has 5 rings (SSSR count). The number of piperidine rings is 1. The maximum atomic E-state index is 15.5. The molecule has 2 aliphatic rings. The lowest BCUT2D eigenvalue weighted by atomic mass is 9.84.